The van der Waals surface area contributed by atoms with Gasteiger partial charge in [-0.15, -0.1) is 0 Å². The van der Waals surface area contributed by atoms with Crippen molar-refractivity contribution >= 4 is 5.95 Å². The molecular formula is C16H27N3O. The van der Waals surface area contributed by atoms with Crippen molar-refractivity contribution in [2.24, 2.45) is 5.92 Å². The molecule has 1 N–H and O–H groups in total. The molecule has 20 heavy (non-hydrogen) atoms. The van der Waals surface area contributed by atoms with E-state index >= 15 is 0 Å². The van der Waals surface area contributed by atoms with Crippen LogP contribution >= 0.6 is 0 Å². The predicted octanol–water partition coefficient (Wildman–Crippen LogP) is 3.96. The molecule has 1 heterocycles. The summed E-state index contributed by atoms with van der Waals surface area (Å²) in [7, 11) is 0. The predicted molar refractivity (Wildman–Crippen MR) is 82.2 cm³/mol. The lowest BCUT2D eigenvalue weighted by molar-refractivity contribution is 0.304. The van der Waals surface area contributed by atoms with Crippen LogP contribution in [-0.2, 0) is 0 Å². The summed E-state index contributed by atoms with van der Waals surface area (Å²) in [5.74, 6) is 2.27. The van der Waals surface area contributed by atoms with Crippen molar-refractivity contribution < 1.29 is 4.74 Å². The Hall–Kier alpha value is -1.32. The fourth-order valence-electron chi connectivity index (χ4n) is 2.76. The van der Waals surface area contributed by atoms with Gasteiger partial charge in [-0.25, -0.2) is 4.98 Å². The van der Waals surface area contributed by atoms with Crippen molar-refractivity contribution in [3.8, 4) is 5.88 Å². The summed E-state index contributed by atoms with van der Waals surface area (Å²) < 4.78 is 5.58. The van der Waals surface area contributed by atoms with Gasteiger partial charge in [0, 0.05) is 18.3 Å². The van der Waals surface area contributed by atoms with Gasteiger partial charge in [0.1, 0.15) is 0 Å². The molecule has 0 bridgehead atoms. The van der Waals surface area contributed by atoms with E-state index < -0.39 is 0 Å². The number of ether oxygens (including phenoxy) is 1. The van der Waals surface area contributed by atoms with Crippen LogP contribution < -0.4 is 10.1 Å². The number of hydrogen-bond donors (Lipinski definition) is 1. The molecule has 0 aromatic carbocycles. The van der Waals surface area contributed by atoms with E-state index in [0.717, 1.165) is 24.6 Å². The highest BCUT2D eigenvalue weighted by molar-refractivity contribution is 5.30. The SMILES string of the molecule is CCCOc1cc(C)nc(NCCC2CCCCC2)n1. The molecule has 0 saturated heterocycles. The lowest BCUT2D eigenvalue weighted by Crippen LogP contribution is -2.14. The number of nitrogens with zero attached hydrogens (tertiary/aromatic N) is 2. The highest BCUT2D eigenvalue weighted by Crippen LogP contribution is 2.26. The second-order valence-electron chi connectivity index (χ2n) is 5.74. The quantitative estimate of drug-likeness (QED) is 0.819. The highest BCUT2D eigenvalue weighted by atomic mass is 16.5. The van der Waals surface area contributed by atoms with Gasteiger partial charge in [0.2, 0.25) is 11.8 Å². The number of rotatable bonds is 7. The zero-order valence-corrected chi connectivity index (χ0v) is 12.8. The highest BCUT2D eigenvalue weighted by Gasteiger charge is 2.13. The summed E-state index contributed by atoms with van der Waals surface area (Å²) in [6.45, 7) is 5.74. The summed E-state index contributed by atoms with van der Waals surface area (Å²) in [5, 5.41) is 3.35. The molecule has 0 unspecified atom stereocenters. The number of aromatic nitrogens is 2. The Bertz CT molecular complexity index is 403. The largest absolute Gasteiger partial charge is 0.478 e. The van der Waals surface area contributed by atoms with Gasteiger partial charge >= 0.3 is 0 Å². The maximum absolute atomic E-state index is 5.58. The minimum atomic E-state index is 0.680. The fourth-order valence-corrected chi connectivity index (χ4v) is 2.76. The Morgan fingerprint density at radius 3 is 2.80 bits per heavy atom. The number of nitrogens with one attached hydrogen (secondary N) is 1. The molecule has 112 valence electrons. The molecule has 0 radical (unpaired) electrons. The van der Waals surface area contributed by atoms with E-state index in [1.807, 2.05) is 13.0 Å². The molecule has 4 nitrogen and oxygen atoms in total. The van der Waals surface area contributed by atoms with E-state index in [9.17, 15) is 0 Å². The minimum Gasteiger partial charge on any atom is -0.478 e. The zero-order chi connectivity index (χ0) is 14.2. The van der Waals surface area contributed by atoms with E-state index in [1.165, 1.54) is 38.5 Å². The average molecular weight is 277 g/mol. The third-order valence-electron chi connectivity index (χ3n) is 3.85. The molecule has 1 aromatic rings. The van der Waals surface area contributed by atoms with Crippen molar-refractivity contribution in [2.75, 3.05) is 18.5 Å². The van der Waals surface area contributed by atoms with E-state index in [4.69, 9.17) is 4.74 Å². The molecule has 0 spiro atoms. The van der Waals surface area contributed by atoms with Crippen LogP contribution in [0.1, 0.15) is 57.6 Å². The Balaban J connectivity index is 1.80. The van der Waals surface area contributed by atoms with Gasteiger partial charge in [-0.3, -0.25) is 0 Å². The van der Waals surface area contributed by atoms with Crippen LogP contribution in [0.4, 0.5) is 5.95 Å². The molecule has 0 aliphatic heterocycles. The fraction of sp³-hybridized carbons (Fsp3) is 0.750. The van der Waals surface area contributed by atoms with Gasteiger partial charge in [-0.1, -0.05) is 39.0 Å². The van der Waals surface area contributed by atoms with Crippen LogP contribution in [-0.4, -0.2) is 23.1 Å². The van der Waals surface area contributed by atoms with Crippen LogP contribution in [0.25, 0.3) is 0 Å². The molecule has 1 aromatic heterocycles. The van der Waals surface area contributed by atoms with Gasteiger partial charge < -0.3 is 10.1 Å². The molecule has 1 aliphatic rings. The van der Waals surface area contributed by atoms with Gasteiger partial charge in [-0.2, -0.15) is 4.98 Å². The van der Waals surface area contributed by atoms with E-state index in [1.54, 1.807) is 0 Å². The molecule has 2 rings (SSSR count). The van der Waals surface area contributed by atoms with Gasteiger partial charge in [0.15, 0.2) is 0 Å². The third kappa shape index (κ3) is 4.99. The molecule has 0 amide bonds. The second-order valence-corrected chi connectivity index (χ2v) is 5.74. The summed E-state index contributed by atoms with van der Waals surface area (Å²) in [4.78, 5) is 8.83. The first-order valence-electron chi connectivity index (χ1n) is 8.00. The molecule has 0 atom stereocenters. The summed E-state index contributed by atoms with van der Waals surface area (Å²) in [6, 6.07) is 1.89. The average Bonchev–Trinajstić information content (AvgIpc) is 2.46. The number of hydrogen-bond acceptors (Lipinski definition) is 4. The smallest absolute Gasteiger partial charge is 0.226 e. The van der Waals surface area contributed by atoms with Crippen LogP contribution in [0.2, 0.25) is 0 Å². The number of aryl methyl sites for hydroxylation is 1. The summed E-state index contributed by atoms with van der Waals surface area (Å²) >= 11 is 0. The summed E-state index contributed by atoms with van der Waals surface area (Å²) in [6.07, 6.45) is 9.22. The molecular weight excluding hydrogens is 250 g/mol. The van der Waals surface area contributed by atoms with E-state index in [-0.39, 0.29) is 0 Å². The van der Waals surface area contributed by atoms with Crippen LogP contribution in [0, 0.1) is 12.8 Å². The Morgan fingerprint density at radius 1 is 1.25 bits per heavy atom. The van der Waals surface area contributed by atoms with E-state index in [0.29, 0.717) is 18.4 Å². The topological polar surface area (TPSA) is 47.0 Å². The Kier molecular flexibility index (Phi) is 6.09. The Morgan fingerprint density at radius 2 is 2.05 bits per heavy atom. The monoisotopic (exact) mass is 277 g/mol. The Labute approximate surface area is 122 Å². The second kappa shape index (κ2) is 8.08. The number of anilines is 1. The maximum Gasteiger partial charge on any atom is 0.226 e. The van der Waals surface area contributed by atoms with Crippen LogP contribution in [0.5, 0.6) is 5.88 Å². The van der Waals surface area contributed by atoms with Crippen molar-refractivity contribution in [3.63, 3.8) is 0 Å². The van der Waals surface area contributed by atoms with Crippen LogP contribution in [0.15, 0.2) is 6.07 Å². The normalized spacial score (nSPS) is 16.1. The molecule has 1 saturated carbocycles. The molecule has 1 fully saturated rings. The first kappa shape index (κ1) is 15.1. The van der Waals surface area contributed by atoms with Crippen molar-refractivity contribution in [1.29, 1.82) is 0 Å². The molecule has 1 aliphatic carbocycles. The minimum absolute atomic E-state index is 0.680. The van der Waals surface area contributed by atoms with Crippen molar-refractivity contribution in [1.82, 2.24) is 9.97 Å². The van der Waals surface area contributed by atoms with Gasteiger partial charge in [0.05, 0.1) is 6.61 Å². The first-order chi connectivity index (χ1) is 9.78. The van der Waals surface area contributed by atoms with Gasteiger partial charge in [-0.05, 0) is 25.7 Å². The lowest BCUT2D eigenvalue weighted by Gasteiger charge is -2.21. The van der Waals surface area contributed by atoms with Crippen molar-refractivity contribution in [3.05, 3.63) is 11.8 Å². The van der Waals surface area contributed by atoms with Crippen molar-refractivity contribution in [2.45, 2.75) is 58.8 Å². The molecule has 4 heteroatoms. The maximum atomic E-state index is 5.58. The van der Waals surface area contributed by atoms with Gasteiger partial charge in [0.25, 0.3) is 0 Å². The van der Waals surface area contributed by atoms with E-state index in [2.05, 4.69) is 22.2 Å². The standard InChI is InChI=1S/C16H27N3O/c1-3-11-20-15-12-13(2)18-16(19-15)17-10-9-14-7-5-4-6-8-14/h12,14H,3-11H2,1-2H3,(H,17,18,19). The lowest BCUT2D eigenvalue weighted by atomic mass is 9.87. The zero-order valence-electron chi connectivity index (χ0n) is 12.8. The third-order valence-corrected chi connectivity index (χ3v) is 3.85. The van der Waals surface area contributed by atoms with Crippen LogP contribution in [0.3, 0.4) is 0 Å². The first-order valence-corrected chi connectivity index (χ1v) is 8.00. The summed E-state index contributed by atoms with van der Waals surface area (Å²) in [5.41, 5.74) is 0.950.